The summed E-state index contributed by atoms with van der Waals surface area (Å²) in [5.74, 6) is 1.74. The molecule has 0 amide bonds. The predicted octanol–water partition coefficient (Wildman–Crippen LogP) is 11.8. The van der Waals surface area contributed by atoms with Gasteiger partial charge in [0, 0.05) is 37.1 Å². The van der Waals surface area contributed by atoms with Crippen LogP contribution in [0.5, 0.6) is 11.5 Å². The third-order valence-electron chi connectivity index (χ3n) is 8.73. The number of rotatable bonds is 6. The maximum absolute atomic E-state index is 5.90. The Hall–Kier alpha value is -5.48. The molecule has 0 unspecified atom stereocenters. The van der Waals surface area contributed by atoms with E-state index in [0.717, 1.165) is 61.4 Å². The number of ether oxygens (including phenoxy) is 2. The molecule has 0 saturated heterocycles. The first-order valence-corrected chi connectivity index (χ1v) is 16.3. The molecule has 5 heteroatoms. The van der Waals surface area contributed by atoms with Crippen molar-refractivity contribution in [2.45, 2.75) is 13.8 Å². The monoisotopic (exact) mass is 831 g/mol. The van der Waals surface area contributed by atoms with Gasteiger partial charge in [0.05, 0.1) is 14.2 Å². The molecule has 8 rings (SSSR count). The van der Waals surface area contributed by atoms with Crippen molar-refractivity contribution in [3.63, 3.8) is 0 Å². The number of aromatic nitrogens is 1. The van der Waals surface area contributed by atoms with Crippen LogP contribution in [0.2, 0.25) is 0 Å². The second-order valence-corrected chi connectivity index (χ2v) is 12.0. The molecule has 4 nitrogen and oxygen atoms in total. The first kappa shape index (κ1) is 34.4. The van der Waals surface area contributed by atoms with Gasteiger partial charge in [-0.2, -0.15) is 0 Å². The van der Waals surface area contributed by atoms with Gasteiger partial charge < -0.3 is 18.9 Å². The molecular weight excluding hydrogens is 795 g/mol. The fourth-order valence-electron chi connectivity index (χ4n) is 6.18. The molecular formula is C45H36IrNO3-. The van der Waals surface area contributed by atoms with Crippen LogP contribution in [0, 0.1) is 19.9 Å². The number of hydrogen-bond acceptors (Lipinski definition) is 4. The van der Waals surface area contributed by atoms with E-state index >= 15 is 0 Å². The molecule has 0 spiro atoms. The van der Waals surface area contributed by atoms with Crippen molar-refractivity contribution in [1.82, 2.24) is 4.98 Å². The summed E-state index contributed by atoms with van der Waals surface area (Å²) in [6.45, 7) is 4.02. The minimum atomic E-state index is 0. The van der Waals surface area contributed by atoms with E-state index in [-0.39, 0.29) is 20.1 Å². The summed E-state index contributed by atoms with van der Waals surface area (Å²) in [5, 5.41) is 2.10. The minimum Gasteiger partial charge on any atom is -0.496 e. The number of methoxy groups -OCH3 is 2. The topological polar surface area (TPSA) is 44.5 Å². The van der Waals surface area contributed by atoms with Crippen LogP contribution in [-0.2, 0) is 20.1 Å². The van der Waals surface area contributed by atoms with Gasteiger partial charge in [-0.1, -0.05) is 72.8 Å². The molecule has 0 aliphatic rings. The predicted molar refractivity (Wildman–Crippen MR) is 201 cm³/mol. The summed E-state index contributed by atoms with van der Waals surface area (Å²) in [7, 11) is 3.36. The van der Waals surface area contributed by atoms with Crippen LogP contribution < -0.4 is 9.47 Å². The second kappa shape index (κ2) is 15.4. The SMILES string of the molecule is COc1cc2c(cc1C)oc1cc(C)c(OC)cc12.[Ir].[c-]1ccc(-c2cc(-c3ccccc3)cc(-c3ccccc3)c2)cc1-c1ccccn1. The molecule has 6 aromatic carbocycles. The number of fused-ring (bicyclic) bond motifs is 3. The van der Waals surface area contributed by atoms with E-state index in [1.165, 1.54) is 27.8 Å². The van der Waals surface area contributed by atoms with Gasteiger partial charge in [-0.3, -0.25) is 0 Å². The van der Waals surface area contributed by atoms with Gasteiger partial charge in [-0.05, 0) is 107 Å². The Kier molecular flexibility index (Phi) is 10.6. The van der Waals surface area contributed by atoms with Crippen molar-refractivity contribution in [3.05, 3.63) is 163 Å². The molecule has 0 aliphatic heterocycles. The number of benzene rings is 6. The molecule has 0 fully saturated rings. The molecule has 0 saturated carbocycles. The number of pyridine rings is 1. The zero-order valence-electron chi connectivity index (χ0n) is 28.4. The van der Waals surface area contributed by atoms with Crippen LogP contribution in [0.3, 0.4) is 0 Å². The summed E-state index contributed by atoms with van der Waals surface area (Å²) >= 11 is 0. The molecule has 0 N–H and O–H groups in total. The molecule has 8 aromatic rings. The maximum atomic E-state index is 5.90. The number of aryl methyl sites for hydroxylation is 2. The Morgan fingerprint density at radius 2 is 1.02 bits per heavy atom. The number of hydrogen-bond donors (Lipinski definition) is 0. The van der Waals surface area contributed by atoms with E-state index in [1.807, 2.05) is 68.6 Å². The first-order valence-electron chi connectivity index (χ1n) is 16.3. The van der Waals surface area contributed by atoms with Gasteiger partial charge in [0.25, 0.3) is 0 Å². The molecule has 2 heterocycles. The Morgan fingerprint density at radius 3 is 1.50 bits per heavy atom. The van der Waals surface area contributed by atoms with Gasteiger partial charge >= 0.3 is 0 Å². The molecule has 0 bridgehead atoms. The molecule has 0 atom stereocenters. The smallest absolute Gasteiger partial charge is 0.135 e. The van der Waals surface area contributed by atoms with Gasteiger partial charge in [0.15, 0.2) is 0 Å². The van der Waals surface area contributed by atoms with Crippen molar-refractivity contribution in [2.75, 3.05) is 14.2 Å². The summed E-state index contributed by atoms with van der Waals surface area (Å²) in [5.41, 5.74) is 13.0. The van der Waals surface area contributed by atoms with Crippen LogP contribution >= 0.6 is 0 Å². The maximum Gasteiger partial charge on any atom is 0.135 e. The number of nitrogens with zero attached hydrogens (tertiary/aromatic N) is 1. The Labute approximate surface area is 306 Å². The second-order valence-electron chi connectivity index (χ2n) is 12.0. The third kappa shape index (κ3) is 7.25. The third-order valence-corrected chi connectivity index (χ3v) is 8.73. The van der Waals surface area contributed by atoms with Crippen molar-refractivity contribution in [2.24, 2.45) is 0 Å². The first-order chi connectivity index (χ1) is 24.0. The van der Waals surface area contributed by atoms with Crippen LogP contribution in [-0.4, -0.2) is 19.2 Å². The summed E-state index contributed by atoms with van der Waals surface area (Å²) in [6, 6.07) is 51.5. The van der Waals surface area contributed by atoms with E-state index < -0.39 is 0 Å². The van der Waals surface area contributed by atoms with Crippen molar-refractivity contribution in [3.8, 4) is 56.1 Å². The fraction of sp³-hybridized carbons (Fsp3) is 0.0889. The fourth-order valence-corrected chi connectivity index (χ4v) is 6.18. The molecule has 2 aromatic heterocycles. The molecule has 0 aliphatic carbocycles. The van der Waals surface area contributed by atoms with Gasteiger partial charge in [-0.15, -0.1) is 35.4 Å². The normalized spacial score (nSPS) is 10.6. The summed E-state index contributed by atoms with van der Waals surface area (Å²) < 4.78 is 16.7. The van der Waals surface area contributed by atoms with Crippen LogP contribution in [0.15, 0.2) is 150 Å². The van der Waals surface area contributed by atoms with E-state index in [1.54, 1.807) is 14.2 Å². The average Bonchev–Trinajstić information content (AvgIpc) is 3.50. The molecule has 1 radical (unpaired) electrons. The van der Waals surface area contributed by atoms with Gasteiger partial charge in [0.2, 0.25) is 0 Å². The van der Waals surface area contributed by atoms with E-state index in [0.29, 0.717) is 0 Å². The largest absolute Gasteiger partial charge is 0.496 e. The Bertz CT molecular complexity index is 2250. The Morgan fingerprint density at radius 1 is 0.520 bits per heavy atom. The summed E-state index contributed by atoms with van der Waals surface area (Å²) in [6.07, 6.45) is 1.82. The zero-order chi connectivity index (χ0) is 33.7. The van der Waals surface area contributed by atoms with Crippen molar-refractivity contribution in [1.29, 1.82) is 0 Å². The quantitative estimate of drug-likeness (QED) is 0.157. The van der Waals surface area contributed by atoms with Gasteiger partial charge in [0.1, 0.15) is 22.7 Å². The average molecular weight is 831 g/mol. The standard InChI is InChI=1S/C29H20N.C16H16O3.Ir/c1-3-10-22(11-4-1)26-19-27(23-12-5-2-6-13-23)21-28(20-26)24-14-9-15-25(18-24)29-16-7-8-17-30-29;1-9-5-15-11(7-13(9)17-3)12-8-14(18-4)10(2)6-16(12)19-15;/h1-14,16-21H;5-8H,1-4H3;/q-1;;. The van der Waals surface area contributed by atoms with E-state index in [4.69, 9.17) is 13.9 Å². The zero-order valence-corrected chi connectivity index (χ0v) is 30.8. The molecule has 249 valence electrons. The van der Waals surface area contributed by atoms with Crippen LogP contribution in [0.25, 0.3) is 66.6 Å². The van der Waals surface area contributed by atoms with Crippen LogP contribution in [0.1, 0.15) is 11.1 Å². The van der Waals surface area contributed by atoms with E-state index in [9.17, 15) is 0 Å². The summed E-state index contributed by atoms with van der Waals surface area (Å²) in [4.78, 5) is 4.48. The van der Waals surface area contributed by atoms with Gasteiger partial charge in [-0.25, -0.2) is 0 Å². The number of furan rings is 1. The minimum absolute atomic E-state index is 0. The van der Waals surface area contributed by atoms with E-state index in [2.05, 4.69) is 102 Å². The molecule has 50 heavy (non-hydrogen) atoms. The Balaban J connectivity index is 0.000000187. The van der Waals surface area contributed by atoms with Crippen molar-refractivity contribution < 1.29 is 34.0 Å². The van der Waals surface area contributed by atoms with Crippen molar-refractivity contribution >= 4 is 21.9 Å². The van der Waals surface area contributed by atoms with Crippen LogP contribution in [0.4, 0.5) is 0 Å².